The van der Waals surface area contributed by atoms with Gasteiger partial charge in [-0.05, 0) is 73.4 Å². The highest BCUT2D eigenvalue weighted by molar-refractivity contribution is 6.30. The molecule has 0 radical (unpaired) electrons. The number of nitrogens with zero attached hydrogens (tertiary/aromatic N) is 2. The van der Waals surface area contributed by atoms with Gasteiger partial charge in [-0.1, -0.05) is 61.8 Å². The van der Waals surface area contributed by atoms with Crippen LogP contribution < -0.4 is 10.6 Å². The zero-order valence-electron chi connectivity index (χ0n) is 25.2. The number of hydrogen-bond donors (Lipinski definition) is 2. The predicted molar refractivity (Wildman–Crippen MR) is 168 cm³/mol. The number of carbonyl (C=O) groups excluding carboxylic acids is 2. The summed E-state index contributed by atoms with van der Waals surface area (Å²) in [6.45, 7) is 9.61. The highest BCUT2D eigenvalue weighted by atomic mass is 35.5. The molecule has 0 spiro atoms. The first-order valence-corrected chi connectivity index (χ1v) is 16.2. The Balaban J connectivity index is 1.24. The van der Waals surface area contributed by atoms with Crippen LogP contribution >= 0.6 is 11.6 Å². The van der Waals surface area contributed by atoms with Crippen LogP contribution in [-0.2, 0) is 27.2 Å². The molecule has 2 atom stereocenters. The number of amides is 2. The van der Waals surface area contributed by atoms with Gasteiger partial charge in [-0.25, -0.2) is 0 Å². The summed E-state index contributed by atoms with van der Waals surface area (Å²) in [6.07, 6.45) is 5.80. The second kappa shape index (κ2) is 14.8. The second-order valence-corrected chi connectivity index (χ2v) is 13.0. The van der Waals surface area contributed by atoms with Crippen molar-refractivity contribution in [1.29, 1.82) is 0 Å². The molecule has 228 valence electrons. The largest absolute Gasteiger partial charge is 0.381 e. The van der Waals surface area contributed by atoms with Crippen LogP contribution in [0.3, 0.4) is 0 Å². The Bertz CT molecular complexity index is 1180. The third kappa shape index (κ3) is 8.13. The summed E-state index contributed by atoms with van der Waals surface area (Å²) < 4.78 is 5.64. The van der Waals surface area contributed by atoms with E-state index >= 15 is 0 Å². The smallest absolute Gasteiger partial charge is 0.245 e. The van der Waals surface area contributed by atoms with E-state index in [1.54, 1.807) is 0 Å². The monoisotopic (exact) mass is 594 g/mol. The summed E-state index contributed by atoms with van der Waals surface area (Å²) in [7, 11) is 0. The van der Waals surface area contributed by atoms with Crippen molar-refractivity contribution in [1.82, 2.24) is 20.4 Å². The molecule has 3 aliphatic heterocycles. The van der Waals surface area contributed by atoms with E-state index in [1.807, 2.05) is 35.2 Å². The average molecular weight is 595 g/mol. The first kappa shape index (κ1) is 31.0. The van der Waals surface area contributed by atoms with E-state index in [1.165, 1.54) is 11.1 Å². The van der Waals surface area contributed by atoms with E-state index in [0.29, 0.717) is 49.0 Å². The average Bonchev–Trinajstić information content (AvgIpc) is 3.01. The van der Waals surface area contributed by atoms with Gasteiger partial charge in [0.2, 0.25) is 11.8 Å². The maximum Gasteiger partial charge on any atom is 0.245 e. The van der Waals surface area contributed by atoms with Crippen LogP contribution in [0, 0.1) is 5.92 Å². The van der Waals surface area contributed by atoms with Gasteiger partial charge in [0.25, 0.3) is 0 Å². The molecule has 5 rings (SSSR count). The number of benzene rings is 2. The predicted octanol–water partition coefficient (Wildman–Crippen LogP) is 4.77. The molecule has 3 aliphatic rings. The first-order valence-electron chi connectivity index (χ1n) is 15.8. The fourth-order valence-corrected chi connectivity index (χ4v) is 7.07. The SMILES string of the molecule is CC(C)CN(C1CCOCC1)C1CCN(C(=O)[C@@H](Cc2ccc(Cl)cc2)NC(=O)C[C@@H]2NCCc3ccccc32)CC1. The Morgan fingerprint density at radius 3 is 2.43 bits per heavy atom. The molecule has 0 unspecified atom stereocenters. The Hall–Kier alpha value is -2.45. The van der Waals surface area contributed by atoms with E-state index in [2.05, 4.69) is 47.6 Å². The Morgan fingerprint density at radius 2 is 1.71 bits per heavy atom. The third-order valence-electron chi connectivity index (χ3n) is 9.07. The number of piperidine rings is 1. The van der Waals surface area contributed by atoms with Crippen molar-refractivity contribution in [3.63, 3.8) is 0 Å². The van der Waals surface area contributed by atoms with Crippen molar-refractivity contribution < 1.29 is 14.3 Å². The van der Waals surface area contributed by atoms with Crippen LogP contribution in [-0.4, -0.2) is 79.1 Å². The van der Waals surface area contributed by atoms with Crippen molar-refractivity contribution in [3.8, 4) is 0 Å². The number of halogens is 1. The molecule has 8 heteroatoms. The van der Waals surface area contributed by atoms with E-state index in [0.717, 1.165) is 64.0 Å². The van der Waals surface area contributed by atoms with E-state index in [4.69, 9.17) is 16.3 Å². The quantitative estimate of drug-likeness (QED) is 0.414. The number of likely N-dealkylation sites (tertiary alicyclic amines) is 1. The standard InChI is InChI=1S/C34H47ClN4O3/c1-24(2)23-39(29-14-19-42-20-15-29)28-12-17-38(18-13-28)34(41)32(21-25-7-9-27(35)10-8-25)37-33(40)22-31-30-6-4-3-5-26(30)11-16-36-31/h3-10,24,28-29,31-32,36H,11-23H2,1-2H3,(H,37,40)/t31-,32+/m0/s1. The minimum Gasteiger partial charge on any atom is -0.381 e. The number of carbonyl (C=O) groups is 2. The van der Waals surface area contributed by atoms with Gasteiger partial charge in [0.1, 0.15) is 6.04 Å². The van der Waals surface area contributed by atoms with E-state index in [-0.39, 0.29) is 17.9 Å². The lowest BCUT2D eigenvalue weighted by molar-refractivity contribution is -0.138. The lowest BCUT2D eigenvalue weighted by Crippen LogP contribution is -2.56. The van der Waals surface area contributed by atoms with Crippen LogP contribution in [0.15, 0.2) is 48.5 Å². The Labute approximate surface area is 256 Å². The van der Waals surface area contributed by atoms with Crippen molar-refractivity contribution in [3.05, 3.63) is 70.2 Å². The summed E-state index contributed by atoms with van der Waals surface area (Å²) >= 11 is 6.13. The van der Waals surface area contributed by atoms with Crippen LogP contribution in [0.5, 0.6) is 0 Å². The molecule has 2 N–H and O–H groups in total. The Morgan fingerprint density at radius 1 is 1.02 bits per heavy atom. The van der Waals surface area contributed by atoms with Gasteiger partial charge in [0, 0.05) is 68.8 Å². The highest BCUT2D eigenvalue weighted by Gasteiger charge is 2.35. The molecule has 0 saturated carbocycles. The van der Waals surface area contributed by atoms with Gasteiger partial charge >= 0.3 is 0 Å². The molecule has 2 saturated heterocycles. The number of nitrogens with one attached hydrogen (secondary N) is 2. The summed E-state index contributed by atoms with van der Waals surface area (Å²) in [6, 6.07) is 16.3. The zero-order chi connectivity index (χ0) is 29.5. The summed E-state index contributed by atoms with van der Waals surface area (Å²) in [5.41, 5.74) is 3.45. The van der Waals surface area contributed by atoms with Gasteiger partial charge < -0.3 is 20.3 Å². The van der Waals surface area contributed by atoms with Crippen molar-refractivity contribution in [2.45, 2.75) is 83.0 Å². The van der Waals surface area contributed by atoms with Crippen LogP contribution in [0.1, 0.15) is 68.7 Å². The maximum absolute atomic E-state index is 14.0. The first-order chi connectivity index (χ1) is 20.4. The lowest BCUT2D eigenvalue weighted by Gasteiger charge is -2.44. The van der Waals surface area contributed by atoms with E-state index in [9.17, 15) is 9.59 Å². The van der Waals surface area contributed by atoms with Gasteiger partial charge in [0.05, 0.1) is 0 Å². The van der Waals surface area contributed by atoms with E-state index < -0.39 is 6.04 Å². The molecule has 7 nitrogen and oxygen atoms in total. The molecule has 2 fully saturated rings. The minimum absolute atomic E-state index is 0.00947. The number of fused-ring (bicyclic) bond motifs is 1. The second-order valence-electron chi connectivity index (χ2n) is 12.6. The topological polar surface area (TPSA) is 73.9 Å². The summed E-state index contributed by atoms with van der Waals surface area (Å²) in [5, 5.41) is 7.30. The molecule has 0 aromatic heterocycles. The Kier molecular flexibility index (Phi) is 10.9. The van der Waals surface area contributed by atoms with Crippen LogP contribution in [0.25, 0.3) is 0 Å². The summed E-state index contributed by atoms with van der Waals surface area (Å²) in [5.74, 6) is 0.501. The lowest BCUT2D eigenvalue weighted by atomic mass is 9.92. The number of ether oxygens (including phenoxy) is 1. The third-order valence-corrected chi connectivity index (χ3v) is 9.32. The summed E-state index contributed by atoms with van der Waals surface area (Å²) in [4.78, 5) is 32.1. The maximum atomic E-state index is 14.0. The highest BCUT2D eigenvalue weighted by Crippen LogP contribution is 2.27. The normalized spacial score (nSPS) is 20.9. The van der Waals surface area contributed by atoms with Crippen LogP contribution in [0.2, 0.25) is 5.02 Å². The molecular weight excluding hydrogens is 548 g/mol. The van der Waals surface area contributed by atoms with Crippen molar-refractivity contribution >= 4 is 23.4 Å². The number of hydrogen-bond acceptors (Lipinski definition) is 5. The van der Waals surface area contributed by atoms with Crippen LogP contribution in [0.4, 0.5) is 0 Å². The number of rotatable bonds is 10. The fourth-order valence-electron chi connectivity index (χ4n) is 6.94. The molecular formula is C34H47ClN4O3. The van der Waals surface area contributed by atoms with Gasteiger partial charge in [0.15, 0.2) is 0 Å². The minimum atomic E-state index is -0.615. The molecule has 0 aliphatic carbocycles. The van der Waals surface area contributed by atoms with Crippen molar-refractivity contribution in [2.24, 2.45) is 5.92 Å². The molecule has 0 bridgehead atoms. The van der Waals surface area contributed by atoms with Crippen molar-refractivity contribution in [2.75, 3.05) is 39.4 Å². The zero-order valence-corrected chi connectivity index (χ0v) is 26.0. The fraction of sp³-hybridized carbons (Fsp3) is 0.588. The molecule has 2 amide bonds. The molecule has 2 aromatic rings. The molecule has 3 heterocycles. The molecule has 42 heavy (non-hydrogen) atoms. The van der Waals surface area contributed by atoms with Gasteiger partial charge in [-0.3, -0.25) is 14.5 Å². The van der Waals surface area contributed by atoms with Gasteiger partial charge in [-0.2, -0.15) is 0 Å². The molecule has 2 aromatic carbocycles. The van der Waals surface area contributed by atoms with Gasteiger partial charge in [-0.15, -0.1) is 0 Å².